The summed E-state index contributed by atoms with van der Waals surface area (Å²) in [7, 11) is 0. The SMILES string of the molecule is CCN1C(=C(C#N)c2nc(NC(=O)[C@@H]3CCC(=O)N3)ncc2C)Nc2ccccc21. The smallest absolute Gasteiger partial charge is 0.249 e. The van der Waals surface area contributed by atoms with Crippen LogP contribution >= 0.6 is 0 Å². The number of para-hydroxylation sites is 2. The van der Waals surface area contributed by atoms with Crippen molar-refractivity contribution in [2.75, 3.05) is 22.1 Å². The zero-order valence-electron chi connectivity index (χ0n) is 16.7. The molecule has 2 aliphatic rings. The van der Waals surface area contributed by atoms with Crippen molar-refractivity contribution in [2.45, 2.75) is 32.7 Å². The summed E-state index contributed by atoms with van der Waals surface area (Å²) in [5.41, 5.74) is 3.41. The van der Waals surface area contributed by atoms with Crippen molar-refractivity contribution in [1.82, 2.24) is 15.3 Å². The fourth-order valence-electron chi connectivity index (χ4n) is 3.64. The molecular formula is C21H21N7O2. The molecule has 0 bridgehead atoms. The van der Waals surface area contributed by atoms with E-state index >= 15 is 0 Å². The van der Waals surface area contributed by atoms with Gasteiger partial charge >= 0.3 is 0 Å². The lowest BCUT2D eigenvalue weighted by Crippen LogP contribution is -2.37. The number of rotatable bonds is 4. The zero-order valence-corrected chi connectivity index (χ0v) is 16.7. The molecule has 2 amide bonds. The summed E-state index contributed by atoms with van der Waals surface area (Å²) in [5, 5.41) is 18.5. The highest BCUT2D eigenvalue weighted by Crippen LogP contribution is 2.38. The van der Waals surface area contributed by atoms with E-state index in [4.69, 9.17) is 0 Å². The first-order valence-electron chi connectivity index (χ1n) is 9.74. The van der Waals surface area contributed by atoms with E-state index < -0.39 is 6.04 Å². The predicted octanol–water partition coefficient (Wildman–Crippen LogP) is 2.15. The van der Waals surface area contributed by atoms with Crippen LogP contribution in [0.4, 0.5) is 17.3 Å². The van der Waals surface area contributed by atoms with E-state index in [1.807, 2.05) is 43.0 Å². The Hall–Kier alpha value is -3.93. The average molecular weight is 403 g/mol. The molecule has 1 saturated heterocycles. The van der Waals surface area contributed by atoms with Gasteiger partial charge in [0.2, 0.25) is 17.8 Å². The first kappa shape index (κ1) is 19.4. The molecule has 2 aliphatic heterocycles. The maximum Gasteiger partial charge on any atom is 0.249 e. The third-order valence-corrected chi connectivity index (χ3v) is 5.14. The maximum absolute atomic E-state index is 12.4. The third-order valence-electron chi connectivity index (χ3n) is 5.14. The fraction of sp³-hybridized carbons (Fsp3) is 0.286. The lowest BCUT2D eigenvalue weighted by Gasteiger charge is -2.19. The number of hydrogen-bond donors (Lipinski definition) is 3. The molecule has 3 heterocycles. The summed E-state index contributed by atoms with van der Waals surface area (Å²) >= 11 is 0. The second-order valence-electron chi connectivity index (χ2n) is 7.10. The van der Waals surface area contributed by atoms with Crippen LogP contribution < -0.4 is 20.9 Å². The van der Waals surface area contributed by atoms with Crippen LogP contribution in [0.15, 0.2) is 36.3 Å². The number of aromatic nitrogens is 2. The van der Waals surface area contributed by atoms with E-state index in [1.165, 1.54) is 0 Å². The Balaban J connectivity index is 1.68. The Morgan fingerprint density at radius 2 is 2.20 bits per heavy atom. The molecular weight excluding hydrogens is 382 g/mol. The number of allylic oxidation sites excluding steroid dienone is 1. The first-order chi connectivity index (χ1) is 14.5. The van der Waals surface area contributed by atoms with Crippen molar-refractivity contribution in [2.24, 2.45) is 0 Å². The number of amides is 2. The first-order valence-corrected chi connectivity index (χ1v) is 9.74. The third kappa shape index (κ3) is 3.43. The Labute approximate surface area is 173 Å². The molecule has 152 valence electrons. The molecule has 0 saturated carbocycles. The Morgan fingerprint density at radius 1 is 1.40 bits per heavy atom. The van der Waals surface area contributed by atoms with Crippen molar-refractivity contribution in [3.05, 3.63) is 47.5 Å². The van der Waals surface area contributed by atoms with Crippen LogP contribution in [0.2, 0.25) is 0 Å². The van der Waals surface area contributed by atoms with E-state index in [0.717, 1.165) is 11.4 Å². The van der Waals surface area contributed by atoms with Crippen LogP contribution in [0, 0.1) is 18.3 Å². The number of nitrogens with zero attached hydrogens (tertiary/aromatic N) is 4. The van der Waals surface area contributed by atoms with Crippen molar-refractivity contribution >= 4 is 34.7 Å². The minimum atomic E-state index is -0.596. The number of hydrogen-bond acceptors (Lipinski definition) is 7. The van der Waals surface area contributed by atoms with Crippen LogP contribution in [-0.4, -0.2) is 34.4 Å². The second-order valence-corrected chi connectivity index (χ2v) is 7.10. The highest BCUT2D eigenvalue weighted by molar-refractivity contribution is 5.98. The largest absolute Gasteiger partial charge is 0.344 e. The van der Waals surface area contributed by atoms with Crippen LogP contribution in [-0.2, 0) is 9.59 Å². The van der Waals surface area contributed by atoms with Crippen molar-refractivity contribution < 1.29 is 9.59 Å². The number of aryl methyl sites for hydroxylation is 1. The molecule has 1 aromatic heterocycles. The van der Waals surface area contributed by atoms with Gasteiger partial charge in [-0.1, -0.05) is 12.1 Å². The minimum Gasteiger partial charge on any atom is -0.344 e. The van der Waals surface area contributed by atoms with Crippen molar-refractivity contribution in [1.29, 1.82) is 5.26 Å². The normalized spacial score (nSPS) is 18.9. The molecule has 4 rings (SSSR count). The number of nitrogens with one attached hydrogen (secondary N) is 3. The zero-order chi connectivity index (χ0) is 21.3. The van der Waals surface area contributed by atoms with Gasteiger partial charge < -0.3 is 15.5 Å². The standard InChI is InChI=1S/C21H21N7O2/c1-3-28-16-7-5-4-6-14(16)25-19(28)13(10-22)18-12(2)11-23-21(26-18)27-20(30)15-8-9-17(29)24-15/h4-7,11,15,25H,3,8-9H2,1-2H3,(H,24,29)(H,23,26,27,30)/t15-/m0/s1. The number of anilines is 3. The minimum absolute atomic E-state index is 0.0914. The van der Waals surface area contributed by atoms with Crippen LogP contribution in [0.3, 0.4) is 0 Å². The molecule has 9 nitrogen and oxygen atoms in total. The highest BCUT2D eigenvalue weighted by atomic mass is 16.2. The highest BCUT2D eigenvalue weighted by Gasteiger charge is 2.29. The van der Waals surface area contributed by atoms with Gasteiger partial charge in [-0.3, -0.25) is 14.9 Å². The van der Waals surface area contributed by atoms with Gasteiger partial charge in [-0.15, -0.1) is 0 Å². The fourth-order valence-corrected chi connectivity index (χ4v) is 3.64. The number of fused-ring (bicyclic) bond motifs is 1. The molecule has 0 radical (unpaired) electrons. The lowest BCUT2D eigenvalue weighted by atomic mass is 10.1. The van der Waals surface area contributed by atoms with Gasteiger partial charge in [-0.05, 0) is 38.0 Å². The van der Waals surface area contributed by atoms with Crippen LogP contribution in [0.1, 0.15) is 31.0 Å². The monoisotopic (exact) mass is 403 g/mol. The summed E-state index contributed by atoms with van der Waals surface area (Å²) in [6.45, 7) is 4.49. The van der Waals surface area contributed by atoms with Gasteiger partial charge in [0.05, 0.1) is 17.1 Å². The van der Waals surface area contributed by atoms with Gasteiger partial charge in [-0.2, -0.15) is 5.26 Å². The Kier molecular flexibility index (Phi) is 5.06. The Bertz CT molecular complexity index is 1100. The number of carbonyl (C=O) groups excluding carboxylic acids is 2. The summed E-state index contributed by atoms with van der Waals surface area (Å²) in [6.07, 6.45) is 2.33. The molecule has 9 heteroatoms. The van der Waals surface area contributed by atoms with E-state index in [-0.39, 0.29) is 17.8 Å². The summed E-state index contributed by atoms with van der Waals surface area (Å²) in [5.74, 6) is 0.212. The van der Waals surface area contributed by atoms with Crippen LogP contribution in [0.25, 0.3) is 5.57 Å². The van der Waals surface area contributed by atoms with E-state index in [2.05, 4.69) is 32.0 Å². The molecule has 0 spiro atoms. The average Bonchev–Trinajstić information content (AvgIpc) is 3.34. The molecule has 0 aliphatic carbocycles. The van der Waals surface area contributed by atoms with Gasteiger partial charge in [0.25, 0.3) is 0 Å². The summed E-state index contributed by atoms with van der Waals surface area (Å²) in [4.78, 5) is 34.4. The Morgan fingerprint density at radius 3 is 2.90 bits per heavy atom. The van der Waals surface area contributed by atoms with Crippen molar-refractivity contribution in [3.63, 3.8) is 0 Å². The molecule has 2 aromatic rings. The topological polar surface area (TPSA) is 123 Å². The van der Waals surface area contributed by atoms with E-state index in [9.17, 15) is 14.9 Å². The summed E-state index contributed by atoms with van der Waals surface area (Å²) < 4.78 is 0. The number of carbonyl (C=O) groups is 2. The quantitative estimate of drug-likeness (QED) is 0.668. The van der Waals surface area contributed by atoms with E-state index in [1.54, 1.807) is 6.20 Å². The molecule has 0 unspecified atom stereocenters. The lowest BCUT2D eigenvalue weighted by molar-refractivity contribution is -0.122. The number of benzene rings is 1. The number of nitriles is 1. The van der Waals surface area contributed by atoms with Gasteiger partial charge in [0, 0.05) is 19.2 Å². The molecule has 1 aromatic carbocycles. The maximum atomic E-state index is 12.4. The molecule has 1 fully saturated rings. The van der Waals surface area contributed by atoms with Crippen LogP contribution in [0.5, 0.6) is 0 Å². The summed E-state index contributed by atoms with van der Waals surface area (Å²) in [6, 6.07) is 9.48. The van der Waals surface area contributed by atoms with Gasteiger partial charge in [0.15, 0.2) is 0 Å². The molecule has 30 heavy (non-hydrogen) atoms. The second kappa shape index (κ2) is 7.83. The van der Waals surface area contributed by atoms with Gasteiger partial charge in [0.1, 0.15) is 23.5 Å². The van der Waals surface area contributed by atoms with Crippen molar-refractivity contribution in [3.8, 4) is 6.07 Å². The molecule has 3 N–H and O–H groups in total. The predicted molar refractivity (Wildman–Crippen MR) is 112 cm³/mol. The van der Waals surface area contributed by atoms with E-state index in [0.29, 0.717) is 42.0 Å². The molecule has 1 atom stereocenters. The van der Waals surface area contributed by atoms with Gasteiger partial charge in [-0.25, -0.2) is 9.97 Å².